The van der Waals surface area contributed by atoms with E-state index in [0.29, 0.717) is 31.5 Å². The van der Waals surface area contributed by atoms with Crippen molar-refractivity contribution in [1.82, 2.24) is 9.80 Å². The molecule has 0 spiro atoms. The van der Waals surface area contributed by atoms with Gasteiger partial charge < -0.3 is 10.0 Å². The summed E-state index contributed by atoms with van der Waals surface area (Å²) in [6.45, 7) is 1.02. The Kier molecular flexibility index (Phi) is 5.89. The minimum absolute atomic E-state index is 0.0325. The third kappa shape index (κ3) is 4.55. The number of hydrogen-bond acceptors (Lipinski definition) is 3. The Labute approximate surface area is 176 Å². The molecule has 30 heavy (non-hydrogen) atoms. The molecule has 0 saturated carbocycles. The van der Waals surface area contributed by atoms with E-state index in [1.54, 1.807) is 0 Å². The van der Waals surface area contributed by atoms with Gasteiger partial charge in [-0.1, -0.05) is 36.4 Å². The maximum atomic E-state index is 14.1. The van der Waals surface area contributed by atoms with Crippen LogP contribution in [0.25, 0.3) is 0 Å². The molecule has 4 nitrogen and oxygen atoms in total. The Bertz CT molecular complexity index is 891. The minimum Gasteiger partial charge on any atom is -0.389 e. The van der Waals surface area contributed by atoms with E-state index in [2.05, 4.69) is 0 Å². The second-order valence-electron chi connectivity index (χ2n) is 8.89. The first-order valence-electron chi connectivity index (χ1n) is 10.5. The number of carbonyl (C=O) groups is 1. The third-order valence-corrected chi connectivity index (χ3v) is 6.37. The molecule has 0 aliphatic carbocycles. The lowest BCUT2D eigenvalue weighted by molar-refractivity contribution is -0.142. The molecule has 0 radical (unpaired) electrons. The molecule has 2 saturated heterocycles. The normalized spacial score (nSPS) is 25.7. The number of halogens is 2. The monoisotopic (exact) mass is 414 g/mol. The van der Waals surface area contributed by atoms with Crippen molar-refractivity contribution in [3.8, 4) is 0 Å². The summed E-state index contributed by atoms with van der Waals surface area (Å²) in [5.74, 6) is -1.17. The predicted molar refractivity (Wildman–Crippen MR) is 111 cm³/mol. The minimum atomic E-state index is -1.07. The van der Waals surface area contributed by atoms with Crippen LogP contribution >= 0.6 is 0 Å². The lowest BCUT2D eigenvalue weighted by Gasteiger charge is -2.44. The number of hydrogen-bond donors (Lipinski definition) is 1. The van der Waals surface area contributed by atoms with Crippen molar-refractivity contribution in [2.75, 3.05) is 13.6 Å². The number of likely N-dealkylation sites (N-methyl/N-ethyl adjacent to an activating group) is 1. The number of nitrogens with zero attached hydrogens (tertiary/aromatic N) is 2. The summed E-state index contributed by atoms with van der Waals surface area (Å²) < 4.78 is 27.3. The van der Waals surface area contributed by atoms with Crippen LogP contribution in [0.4, 0.5) is 8.78 Å². The van der Waals surface area contributed by atoms with E-state index in [-0.39, 0.29) is 24.4 Å². The predicted octanol–water partition coefficient (Wildman–Crippen LogP) is 3.52. The number of amides is 1. The molecule has 2 aliphatic rings. The van der Waals surface area contributed by atoms with Crippen LogP contribution in [-0.2, 0) is 17.8 Å². The number of carbonyl (C=O) groups excluding carboxylic acids is 1. The molecule has 2 aliphatic heterocycles. The Morgan fingerprint density at radius 2 is 1.80 bits per heavy atom. The lowest BCUT2D eigenvalue weighted by Crippen LogP contribution is -2.55. The highest BCUT2D eigenvalue weighted by molar-refractivity contribution is 5.79. The summed E-state index contributed by atoms with van der Waals surface area (Å²) >= 11 is 0. The number of piperidine rings is 1. The zero-order valence-electron chi connectivity index (χ0n) is 17.2. The number of benzene rings is 2. The van der Waals surface area contributed by atoms with Crippen LogP contribution in [0.1, 0.15) is 36.8 Å². The Balaban J connectivity index is 1.39. The quantitative estimate of drug-likeness (QED) is 0.787. The van der Waals surface area contributed by atoms with Gasteiger partial charge in [-0.2, -0.15) is 0 Å². The Hall–Kier alpha value is -2.31. The molecular formula is C24H28F2N2O2. The molecule has 1 N–H and O–H groups in total. The van der Waals surface area contributed by atoms with Gasteiger partial charge in [-0.25, -0.2) is 8.78 Å². The smallest absolute Gasteiger partial charge is 0.237 e. The first-order chi connectivity index (χ1) is 14.3. The van der Waals surface area contributed by atoms with Crippen LogP contribution in [0.3, 0.4) is 0 Å². The van der Waals surface area contributed by atoms with Crippen LogP contribution < -0.4 is 0 Å². The first-order valence-corrected chi connectivity index (χ1v) is 10.5. The fourth-order valence-electron chi connectivity index (χ4n) is 5.16. The molecule has 2 atom stereocenters. The number of aliphatic hydroxyl groups is 1. The van der Waals surface area contributed by atoms with Gasteiger partial charge in [0.2, 0.25) is 5.91 Å². The summed E-state index contributed by atoms with van der Waals surface area (Å²) in [7, 11) is 1.93. The second kappa shape index (κ2) is 8.44. The second-order valence-corrected chi connectivity index (χ2v) is 8.89. The van der Waals surface area contributed by atoms with Gasteiger partial charge >= 0.3 is 0 Å². The highest BCUT2D eigenvalue weighted by Crippen LogP contribution is 2.42. The van der Waals surface area contributed by atoms with E-state index in [1.807, 2.05) is 47.2 Å². The molecule has 2 aromatic carbocycles. The summed E-state index contributed by atoms with van der Waals surface area (Å²) in [4.78, 5) is 17.0. The fraction of sp³-hybridized carbons (Fsp3) is 0.458. The van der Waals surface area contributed by atoms with Crippen molar-refractivity contribution in [3.05, 3.63) is 71.3 Å². The molecule has 2 heterocycles. The van der Waals surface area contributed by atoms with Crippen molar-refractivity contribution in [2.45, 2.75) is 56.3 Å². The van der Waals surface area contributed by atoms with Crippen LogP contribution in [0.5, 0.6) is 0 Å². The van der Waals surface area contributed by atoms with E-state index >= 15 is 0 Å². The maximum absolute atomic E-state index is 14.1. The Morgan fingerprint density at radius 3 is 2.43 bits per heavy atom. The summed E-state index contributed by atoms with van der Waals surface area (Å²) in [5.41, 5.74) is 0.405. The topological polar surface area (TPSA) is 43.8 Å². The standard InChI is InChI=1S/C24H28F2N2O2/c1-27(15-17-5-3-2-4-6-17)16-23(29)28-20-9-10-21(28)14-24(30,13-20)12-18-7-8-19(25)11-22(18)26/h2-8,11,20-21,30H,9-10,12-16H2,1H3/t20-,21-/m0/s1. The van der Waals surface area contributed by atoms with Crippen molar-refractivity contribution in [3.63, 3.8) is 0 Å². The van der Waals surface area contributed by atoms with E-state index in [1.165, 1.54) is 12.1 Å². The van der Waals surface area contributed by atoms with E-state index in [0.717, 1.165) is 24.5 Å². The van der Waals surface area contributed by atoms with E-state index in [9.17, 15) is 18.7 Å². The highest BCUT2D eigenvalue weighted by atomic mass is 19.1. The average Bonchev–Trinajstić information content (AvgIpc) is 2.97. The average molecular weight is 414 g/mol. The SMILES string of the molecule is CN(CC(=O)N1[C@H]2CC[C@H]1CC(O)(Cc1ccc(F)cc1F)C2)Cc1ccccc1. The van der Waals surface area contributed by atoms with Gasteiger partial charge in [0.25, 0.3) is 0 Å². The van der Waals surface area contributed by atoms with Crippen LogP contribution in [0, 0.1) is 11.6 Å². The van der Waals surface area contributed by atoms with Gasteiger partial charge in [0.1, 0.15) is 11.6 Å². The largest absolute Gasteiger partial charge is 0.389 e. The Morgan fingerprint density at radius 1 is 1.13 bits per heavy atom. The number of rotatable bonds is 6. The van der Waals surface area contributed by atoms with Gasteiger partial charge in [0.05, 0.1) is 12.1 Å². The zero-order chi connectivity index (χ0) is 21.3. The van der Waals surface area contributed by atoms with Crippen LogP contribution in [0.2, 0.25) is 0 Å². The molecule has 2 bridgehead atoms. The van der Waals surface area contributed by atoms with E-state index < -0.39 is 17.2 Å². The molecule has 2 fully saturated rings. The molecule has 2 aromatic rings. The third-order valence-electron chi connectivity index (χ3n) is 6.37. The van der Waals surface area contributed by atoms with Gasteiger partial charge in [0, 0.05) is 31.1 Å². The van der Waals surface area contributed by atoms with Gasteiger partial charge in [-0.05, 0) is 49.9 Å². The summed E-state index contributed by atoms with van der Waals surface area (Å²) in [5, 5.41) is 11.2. The first kappa shape index (κ1) is 20.9. The van der Waals surface area contributed by atoms with Crippen molar-refractivity contribution >= 4 is 5.91 Å². The van der Waals surface area contributed by atoms with Crippen molar-refractivity contribution in [1.29, 1.82) is 0 Å². The van der Waals surface area contributed by atoms with Crippen LogP contribution in [-0.4, -0.2) is 52.1 Å². The maximum Gasteiger partial charge on any atom is 0.237 e. The fourth-order valence-corrected chi connectivity index (χ4v) is 5.16. The highest BCUT2D eigenvalue weighted by Gasteiger charge is 2.49. The molecule has 0 aromatic heterocycles. The summed E-state index contributed by atoms with van der Waals surface area (Å²) in [6.07, 6.45) is 2.70. The zero-order valence-corrected chi connectivity index (χ0v) is 17.2. The molecular weight excluding hydrogens is 386 g/mol. The molecule has 4 rings (SSSR count). The van der Waals surface area contributed by atoms with Gasteiger partial charge in [0.15, 0.2) is 0 Å². The molecule has 1 amide bonds. The lowest BCUT2D eigenvalue weighted by atomic mass is 9.81. The molecule has 160 valence electrons. The van der Waals surface area contributed by atoms with Gasteiger partial charge in [-0.15, -0.1) is 0 Å². The molecule has 6 heteroatoms. The van der Waals surface area contributed by atoms with Crippen molar-refractivity contribution < 1.29 is 18.7 Å². The van der Waals surface area contributed by atoms with E-state index in [4.69, 9.17) is 0 Å². The van der Waals surface area contributed by atoms with Gasteiger partial charge in [-0.3, -0.25) is 9.69 Å². The van der Waals surface area contributed by atoms with Crippen molar-refractivity contribution in [2.24, 2.45) is 0 Å². The summed E-state index contributed by atoms with van der Waals surface area (Å²) in [6, 6.07) is 13.4. The van der Waals surface area contributed by atoms with Crippen LogP contribution in [0.15, 0.2) is 48.5 Å². The number of fused-ring (bicyclic) bond motifs is 2. The molecule has 0 unspecified atom stereocenters.